The van der Waals surface area contributed by atoms with E-state index in [9.17, 15) is 0 Å². The molecule has 90 valence electrons. The molecule has 0 aliphatic rings. The summed E-state index contributed by atoms with van der Waals surface area (Å²) < 4.78 is 5.57. The molecule has 0 aliphatic carbocycles. The van der Waals surface area contributed by atoms with E-state index >= 15 is 0 Å². The third-order valence-corrected chi connectivity index (χ3v) is 3.08. The van der Waals surface area contributed by atoms with Gasteiger partial charge in [0.15, 0.2) is 0 Å². The summed E-state index contributed by atoms with van der Waals surface area (Å²) >= 11 is 11.9. The fraction of sp³-hybridized carbons (Fsp3) is 0. The van der Waals surface area contributed by atoms with Crippen LogP contribution in [0.1, 0.15) is 5.56 Å². The second-order valence-corrected chi connectivity index (χ2v) is 4.30. The number of anilines is 1. The zero-order valence-electron chi connectivity index (χ0n) is 9.15. The van der Waals surface area contributed by atoms with E-state index in [1.807, 2.05) is 6.07 Å². The van der Waals surface area contributed by atoms with E-state index in [0.29, 0.717) is 32.8 Å². The average molecular weight is 279 g/mol. The van der Waals surface area contributed by atoms with Crippen LogP contribution < -0.4 is 10.5 Å². The number of nitrogens with two attached hydrogens (primary N) is 1. The molecule has 0 heterocycles. The van der Waals surface area contributed by atoms with Crippen molar-refractivity contribution in [2.75, 3.05) is 5.73 Å². The van der Waals surface area contributed by atoms with Crippen molar-refractivity contribution >= 4 is 28.9 Å². The summed E-state index contributed by atoms with van der Waals surface area (Å²) in [5, 5.41) is 9.46. The predicted molar refractivity (Wildman–Crippen MR) is 72.1 cm³/mol. The molecule has 2 aromatic rings. The Bertz CT molecular complexity index is 635. The second-order valence-electron chi connectivity index (χ2n) is 3.52. The Morgan fingerprint density at radius 2 is 1.89 bits per heavy atom. The monoisotopic (exact) mass is 278 g/mol. The molecular weight excluding hydrogens is 271 g/mol. The minimum absolute atomic E-state index is 0.322. The maximum Gasteiger partial charge on any atom is 0.150 e. The smallest absolute Gasteiger partial charge is 0.150 e. The minimum Gasteiger partial charge on any atom is -0.454 e. The fourth-order valence-corrected chi connectivity index (χ4v) is 1.72. The largest absolute Gasteiger partial charge is 0.454 e. The number of halogens is 2. The first-order valence-electron chi connectivity index (χ1n) is 5.03. The number of hydrogen-bond acceptors (Lipinski definition) is 3. The predicted octanol–water partition coefficient (Wildman–Crippen LogP) is 4.24. The quantitative estimate of drug-likeness (QED) is 0.836. The Kier molecular flexibility index (Phi) is 3.61. The Labute approximate surface area is 114 Å². The molecule has 3 nitrogen and oxygen atoms in total. The summed E-state index contributed by atoms with van der Waals surface area (Å²) in [5.74, 6) is 0.846. The van der Waals surface area contributed by atoms with Crippen molar-refractivity contribution < 1.29 is 4.74 Å². The van der Waals surface area contributed by atoms with Crippen LogP contribution in [0.25, 0.3) is 0 Å². The van der Waals surface area contributed by atoms with Crippen LogP contribution in [-0.4, -0.2) is 0 Å². The van der Waals surface area contributed by atoms with Crippen LogP contribution in [0.15, 0.2) is 36.4 Å². The molecule has 2 N–H and O–H groups in total. The van der Waals surface area contributed by atoms with Gasteiger partial charge in [-0.25, -0.2) is 0 Å². The van der Waals surface area contributed by atoms with Crippen molar-refractivity contribution in [2.45, 2.75) is 0 Å². The Hall–Kier alpha value is -1.89. The molecule has 0 amide bonds. The zero-order valence-corrected chi connectivity index (χ0v) is 10.7. The van der Waals surface area contributed by atoms with Gasteiger partial charge >= 0.3 is 0 Å². The van der Waals surface area contributed by atoms with Crippen LogP contribution in [0.2, 0.25) is 10.0 Å². The highest BCUT2D eigenvalue weighted by Crippen LogP contribution is 2.36. The molecule has 2 rings (SSSR count). The zero-order chi connectivity index (χ0) is 13.1. The number of hydrogen-bond donors (Lipinski definition) is 1. The van der Waals surface area contributed by atoms with Gasteiger partial charge in [-0.1, -0.05) is 29.3 Å². The van der Waals surface area contributed by atoms with Gasteiger partial charge in [0.1, 0.15) is 16.5 Å². The number of ether oxygens (including phenoxy) is 1. The van der Waals surface area contributed by atoms with Gasteiger partial charge in [0.05, 0.1) is 22.3 Å². The highest BCUT2D eigenvalue weighted by atomic mass is 35.5. The summed E-state index contributed by atoms with van der Waals surface area (Å²) in [6, 6.07) is 11.8. The standard InChI is InChI=1S/C13H8Cl2N2O/c14-9-2-1-3-12(13(9)15)18-11-5-4-8(7-16)6-10(11)17/h1-6H,17H2. The molecule has 0 unspecified atom stereocenters. The number of benzene rings is 2. The van der Waals surface area contributed by atoms with E-state index in [0.717, 1.165) is 0 Å². The number of nitrogen functional groups attached to an aromatic ring is 1. The topological polar surface area (TPSA) is 59.0 Å². The second kappa shape index (κ2) is 5.18. The molecule has 0 saturated carbocycles. The molecule has 0 spiro atoms. The van der Waals surface area contributed by atoms with Gasteiger partial charge in [-0.05, 0) is 30.3 Å². The van der Waals surface area contributed by atoms with E-state index < -0.39 is 0 Å². The lowest BCUT2D eigenvalue weighted by Gasteiger charge is -2.10. The number of nitrogens with zero attached hydrogens (tertiary/aromatic N) is 1. The Balaban J connectivity index is 2.35. The van der Waals surface area contributed by atoms with Gasteiger partial charge in [0.25, 0.3) is 0 Å². The van der Waals surface area contributed by atoms with E-state index in [4.69, 9.17) is 38.9 Å². The van der Waals surface area contributed by atoms with Crippen LogP contribution in [0.4, 0.5) is 5.69 Å². The maximum atomic E-state index is 8.74. The van der Waals surface area contributed by atoms with Gasteiger partial charge in [-0.15, -0.1) is 0 Å². The highest BCUT2D eigenvalue weighted by Gasteiger charge is 2.09. The van der Waals surface area contributed by atoms with Crippen molar-refractivity contribution in [1.82, 2.24) is 0 Å². The molecule has 18 heavy (non-hydrogen) atoms. The van der Waals surface area contributed by atoms with Crippen LogP contribution in [0.3, 0.4) is 0 Å². The maximum absolute atomic E-state index is 8.74. The fourth-order valence-electron chi connectivity index (χ4n) is 1.39. The van der Waals surface area contributed by atoms with E-state index in [1.165, 1.54) is 6.07 Å². The van der Waals surface area contributed by atoms with E-state index in [-0.39, 0.29) is 0 Å². The molecule has 0 saturated heterocycles. The highest BCUT2D eigenvalue weighted by molar-refractivity contribution is 6.42. The minimum atomic E-state index is 0.322. The van der Waals surface area contributed by atoms with Gasteiger partial charge in [-0.2, -0.15) is 5.26 Å². The molecule has 0 bridgehead atoms. The molecule has 5 heteroatoms. The van der Waals surface area contributed by atoms with Gasteiger partial charge in [0.2, 0.25) is 0 Å². The SMILES string of the molecule is N#Cc1ccc(Oc2cccc(Cl)c2Cl)c(N)c1. The van der Waals surface area contributed by atoms with Crippen LogP contribution >= 0.6 is 23.2 Å². The van der Waals surface area contributed by atoms with Crippen LogP contribution in [-0.2, 0) is 0 Å². The first kappa shape index (κ1) is 12.6. The summed E-state index contributed by atoms with van der Waals surface area (Å²) in [5.41, 5.74) is 6.62. The van der Waals surface area contributed by atoms with Crippen molar-refractivity contribution in [3.05, 3.63) is 52.0 Å². The van der Waals surface area contributed by atoms with Gasteiger partial charge in [0, 0.05) is 0 Å². The van der Waals surface area contributed by atoms with Crippen molar-refractivity contribution in [3.63, 3.8) is 0 Å². The van der Waals surface area contributed by atoms with E-state index in [2.05, 4.69) is 0 Å². The lowest BCUT2D eigenvalue weighted by atomic mass is 10.2. The average Bonchev–Trinajstić information content (AvgIpc) is 2.37. The summed E-state index contributed by atoms with van der Waals surface area (Å²) in [7, 11) is 0. The summed E-state index contributed by atoms with van der Waals surface area (Å²) in [4.78, 5) is 0. The molecule has 0 radical (unpaired) electrons. The summed E-state index contributed by atoms with van der Waals surface area (Å²) in [6.45, 7) is 0. The lowest BCUT2D eigenvalue weighted by Crippen LogP contribution is -1.93. The van der Waals surface area contributed by atoms with Crippen molar-refractivity contribution in [3.8, 4) is 17.6 Å². The normalized spacial score (nSPS) is 9.83. The summed E-state index contributed by atoms with van der Waals surface area (Å²) in [6.07, 6.45) is 0. The molecule has 0 fully saturated rings. The molecule has 0 aliphatic heterocycles. The van der Waals surface area contributed by atoms with Crippen molar-refractivity contribution in [2.24, 2.45) is 0 Å². The van der Waals surface area contributed by atoms with Gasteiger partial charge < -0.3 is 10.5 Å². The third-order valence-electron chi connectivity index (χ3n) is 2.27. The Morgan fingerprint density at radius 1 is 1.11 bits per heavy atom. The molecule has 2 aromatic carbocycles. The molecular formula is C13H8Cl2N2O. The third kappa shape index (κ3) is 2.51. The number of nitriles is 1. The molecule has 0 aromatic heterocycles. The number of rotatable bonds is 2. The van der Waals surface area contributed by atoms with Crippen LogP contribution in [0.5, 0.6) is 11.5 Å². The Morgan fingerprint density at radius 3 is 2.56 bits per heavy atom. The van der Waals surface area contributed by atoms with Crippen molar-refractivity contribution in [1.29, 1.82) is 5.26 Å². The first-order chi connectivity index (χ1) is 8.61. The lowest BCUT2D eigenvalue weighted by molar-refractivity contribution is 0.485. The van der Waals surface area contributed by atoms with Crippen LogP contribution in [0, 0.1) is 11.3 Å². The first-order valence-corrected chi connectivity index (χ1v) is 5.79. The van der Waals surface area contributed by atoms with Gasteiger partial charge in [-0.3, -0.25) is 0 Å². The molecule has 0 atom stereocenters. The van der Waals surface area contributed by atoms with E-state index in [1.54, 1.807) is 30.3 Å².